The first-order chi connectivity index (χ1) is 8.97. The Morgan fingerprint density at radius 3 is 1.42 bits per heavy atom. The Bertz CT molecular complexity index is 204. The quantitative estimate of drug-likeness (QED) is 0.239. The van der Waals surface area contributed by atoms with Crippen LogP contribution in [0.4, 0.5) is 0 Å². The normalized spacial score (nSPS) is 10.5. The minimum atomic E-state index is 1.12. The van der Waals surface area contributed by atoms with Crippen LogP contribution in [0.15, 0.2) is 0 Å². The number of hydrogen-bond donors (Lipinski definition) is 0. The highest BCUT2D eigenvalue weighted by molar-refractivity contribution is 7.64. The average Bonchev–Trinajstić information content (AvgIpc) is 2.31. The zero-order valence-corrected chi connectivity index (χ0v) is 14.4. The van der Waals surface area contributed by atoms with Gasteiger partial charge in [0.15, 0.2) is 0 Å². The summed E-state index contributed by atoms with van der Waals surface area (Å²) in [4.78, 5) is 0. The fourth-order valence-electron chi connectivity index (χ4n) is 2.07. The maximum absolute atomic E-state index is 7.13. The molecule has 0 aliphatic carbocycles. The molecular weight excluding hydrogens is 252 g/mol. The summed E-state index contributed by atoms with van der Waals surface area (Å²) in [6.45, 7) is 3.62. The van der Waals surface area contributed by atoms with Gasteiger partial charge in [0, 0.05) is 0 Å². The Hall–Kier alpha value is -0.330. The maximum atomic E-state index is 7.13. The Balaban J connectivity index is 0. The zero-order chi connectivity index (χ0) is 15.0. The summed E-state index contributed by atoms with van der Waals surface area (Å²) in [6, 6.07) is 0. The second kappa shape index (κ2) is 15.7. The molecule has 0 bridgehead atoms. The number of thiocyanates is 1. The van der Waals surface area contributed by atoms with Crippen molar-refractivity contribution in [3.63, 3.8) is 0 Å². The van der Waals surface area contributed by atoms with E-state index in [9.17, 15) is 0 Å². The number of nitriles is 1. The van der Waals surface area contributed by atoms with Crippen molar-refractivity contribution in [1.29, 1.82) is 5.26 Å². The van der Waals surface area contributed by atoms with E-state index >= 15 is 0 Å². The molecule has 0 spiro atoms. The van der Waals surface area contributed by atoms with Crippen molar-refractivity contribution < 1.29 is 4.48 Å². The van der Waals surface area contributed by atoms with Gasteiger partial charge in [-0.05, 0) is 12.8 Å². The lowest BCUT2D eigenvalue weighted by Crippen LogP contribution is -2.35. The predicted octanol–water partition coefficient (Wildman–Crippen LogP) is 4.63. The van der Waals surface area contributed by atoms with Gasteiger partial charge in [-0.3, -0.25) is 0 Å². The van der Waals surface area contributed by atoms with Crippen molar-refractivity contribution in [2.45, 2.75) is 71.1 Å². The van der Waals surface area contributed by atoms with Crippen LogP contribution in [0.5, 0.6) is 0 Å². The van der Waals surface area contributed by atoms with Gasteiger partial charge in [-0.25, -0.2) is 5.26 Å². The summed E-state index contributed by atoms with van der Waals surface area (Å²) < 4.78 is 1.12. The van der Waals surface area contributed by atoms with Crippen molar-refractivity contribution >= 4 is 12.6 Å². The van der Waals surface area contributed by atoms with E-state index in [2.05, 4.69) is 40.7 Å². The molecule has 0 aromatic carbocycles. The van der Waals surface area contributed by atoms with Crippen LogP contribution in [0.2, 0.25) is 0 Å². The number of hydrogen-bond acceptors (Lipinski definition) is 2. The van der Waals surface area contributed by atoms with Crippen LogP contribution in [0.25, 0.3) is 0 Å². The van der Waals surface area contributed by atoms with E-state index in [1.54, 1.807) is 0 Å². The summed E-state index contributed by atoms with van der Waals surface area (Å²) in [5.74, 6) is 0. The Morgan fingerprint density at radius 2 is 1.11 bits per heavy atom. The van der Waals surface area contributed by atoms with Crippen LogP contribution in [0.1, 0.15) is 71.1 Å². The van der Waals surface area contributed by atoms with Gasteiger partial charge in [-0.15, -0.1) is 0 Å². The van der Waals surface area contributed by atoms with Crippen molar-refractivity contribution in [3.8, 4) is 5.40 Å². The first kappa shape index (κ1) is 21.0. The maximum Gasteiger partial charge on any atom is 0.0780 e. The molecule has 19 heavy (non-hydrogen) atoms. The molecule has 0 saturated heterocycles. The Morgan fingerprint density at radius 1 is 0.789 bits per heavy atom. The number of quaternary nitrogens is 1. The fraction of sp³-hybridized carbons (Fsp3) is 0.938. The lowest BCUT2D eigenvalue weighted by Gasteiger charge is -2.23. The van der Waals surface area contributed by atoms with E-state index in [0.717, 1.165) is 4.48 Å². The summed E-state index contributed by atoms with van der Waals surface area (Å²) in [5, 5.41) is 8.47. The molecule has 0 aromatic heterocycles. The highest BCUT2D eigenvalue weighted by atomic mass is 32.1. The van der Waals surface area contributed by atoms with Gasteiger partial charge in [0.2, 0.25) is 0 Å². The van der Waals surface area contributed by atoms with E-state index < -0.39 is 0 Å². The molecule has 0 heterocycles. The summed E-state index contributed by atoms with van der Waals surface area (Å²) in [6.07, 6.45) is 14.4. The monoisotopic (exact) mass is 286 g/mol. The van der Waals surface area contributed by atoms with E-state index in [1.165, 1.54) is 76.2 Å². The second-order valence-corrected chi connectivity index (χ2v) is 6.47. The van der Waals surface area contributed by atoms with Gasteiger partial charge in [0.25, 0.3) is 0 Å². The van der Waals surface area contributed by atoms with Gasteiger partial charge in [-0.2, -0.15) is 0 Å². The first-order valence-corrected chi connectivity index (χ1v) is 8.20. The predicted molar refractivity (Wildman–Crippen MR) is 87.7 cm³/mol. The minimum Gasteiger partial charge on any atom is -0.696 e. The van der Waals surface area contributed by atoms with Crippen molar-refractivity contribution in [3.05, 3.63) is 0 Å². The molecule has 0 aliphatic rings. The van der Waals surface area contributed by atoms with Crippen LogP contribution in [-0.4, -0.2) is 32.2 Å². The van der Waals surface area contributed by atoms with Crippen LogP contribution in [0, 0.1) is 10.7 Å². The molecule has 0 aliphatic heterocycles. The van der Waals surface area contributed by atoms with Crippen molar-refractivity contribution in [1.82, 2.24) is 0 Å². The van der Waals surface area contributed by atoms with Crippen LogP contribution < -0.4 is 0 Å². The summed E-state index contributed by atoms with van der Waals surface area (Å²) in [5.41, 5.74) is 0. The molecule has 0 aromatic rings. The molecule has 0 amide bonds. The summed E-state index contributed by atoms with van der Waals surface area (Å²) >= 11 is 3.70. The van der Waals surface area contributed by atoms with E-state index in [0.29, 0.717) is 0 Å². The molecule has 114 valence electrons. The smallest absolute Gasteiger partial charge is 0.0780 e. The van der Waals surface area contributed by atoms with E-state index in [-0.39, 0.29) is 0 Å². The molecule has 0 saturated carbocycles. The highest BCUT2D eigenvalue weighted by Crippen LogP contribution is 2.10. The fourth-order valence-corrected chi connectivity index (χ4v) is 2.07. The second-order valence-electron chi connectivity index (χ2n) is 6.29. The molecule has 0 atom stereocenters. The van der Waals surface area contributed by atoms with Crippen LogP contribution in [0.3, 0.4) is 0 Å². The van der Waals surface area contributed by atoms with Gasteiger partial charge >= 0.3 is 0 Å². The van der Waals surface area contributed by atoms with Crippen molar-refractivity contribution in [2.24, 2.45) is 0 Å². The SMILES string of the molecule is CCCCCCCCCCCC[N+](C)(C)C.N#C[S-]. The van der Waals surface area contributed by atoms with Crippen LogP contribution >= 0.6 is 0 Å². The third-order valence-electron chi connectivity index (χ3n) is 3.18. The van der Waals surface area contributed by atoms with Gasteiger partial charge in [-0.1, -0.05) is 63.7 Å². The van der Waals surface area contributed by atoms with E-state index in [4.69, 9.17) is 5.26 Å². The van der Waals surface area contributed by atoms with Crippen molar-refractivity contribution in [2.75, 3.05) is 27.7 Å². The molecule has 0 radical (unpaired) electrons. The molecule has 0 rings (SSSR count). The Labute approximate surface area is 127 Å². The average molecular weight is 287 g/mol. The minimum absolute atomic E-state index is 1.12. The third-order valence-corrected chi connectivity index (χ3v) is 3.18. The van der Waals surface area contributed by atoms with Crippen LogP contribution in [-0.2, 0) is 12.6 Å². The van der Waals surface area contributed by atoms with E-state index in [1.807, 2.05) is 0 Å². The lowest BCUT2D eigenvalue weighted by molar-refractivity contribution is -0.870. The number of unbranched alkanes of at least 4 members (excludes halogenated alkanes) is 9. The highest BCUT2D eigenvalue weighted by Gasteiger charge is 2.04. The molecule has 0 unspecified atom stereocenters. The number of nitrogens with zero attached hydrogens (tertiary/aromatic N) is 2. The van der Waals surface area contributed by atoms with Gasteiger partial charge in [0.05, 0.1) is 27.7 Å². The summed E-state index contributed by atoms with van der Waals surface area (Å²) in [7, 11) is 6.86. The third kappa shape index (κ3) is 27.0. The zero-order valence-electron chi connectivity index (χ0n) is 13.6. The van der Waals surface area contributed by atoms with Gasteiger partial charge < -0.3 is 17.1 Å². The number of rotatable bonds is 11. The molecular formula is C16H34N2S. The topological polar surface area (TPSA) is 23.8 Å². The Kier molecular flexibility index (Phi) is 17.4. The lowest BCUT2D eigenvalue weighted by atomic mass is 10.1. The van der Waals surface area contributed by atoms with Gasteiger partial charge in [0.1, 0.15) is 0 Å². The molecule has 0 fully saturated rings. The molecule has 2 nitrogen and oxygen atoms in total. The molecule has 0 N–H and O–H groups in total. The standard InChI is InChI=1S/C15H34N.CHNS/c1-5-6-7-8-9-10-11-12-13-14-15-16(2,3)4;2-1-3/h5-15H2,1-4H3;3H/q+1;/p-1. The first-order valence-electron chi connectivity index (χ1n) is 7.79. The largest absolute Gasteiger partial charge is 0.696 e. The molecule has 3 heteroatoms.